The van der Waals surface area contributed by atoms with Gasteiger partial charge in [-0.05, 0) is 64.2 Å². The third-order valence-electron chi connectivity index (χ3n) is 5.74. The number of halogens is 3. The molecule has 1 aliphatic carbocycles. The van der Waals surface area contributed by atoms with Crippen molar-refractivity contribution in [1.82, 2.24) is 14.8 Å². The maximum Gasteiger partial charge on any atom is 0.226 e. The highest BCUT2D eigenvalue weighted by molar-refractivity contribution is 9.10. The van der Waals surface area contributed by atoms with Crippen molar-refractivity contribution in [1.29, 1.82) is 0 Å². The molecule has 0 spiro atoms. The quantitative estimate of drug-likeness (QED) is 0.423. The average molecular weight is 550 g/mol. The van der Waals surface area contributed by atoms with E-state index in [2.05, 4.69) is 31.3 Å². The number of benzene rings is 2. The Balaban J connectivity index is 1.52. The number of rotatable bonds is 5. The fourth-order valence-corrected chi connectivity index (χ4v) is 5.12. The maximum atomic E-state index is 12.9. The Hall–Kier alpha value is -2.55. The van der Waals surface area contributed by atoms with Gasteiger partial charge in [0.1, 0.15) is 19.0 Å². The van der Waals surface area contributed by atoms with E-state index >= 15 is 0 Å². The van der Waals surface area contributed by atoms with Crippen LogP contribution in [0, 0.1) is 0 Å². The Kier molecular flexibility index (Phi) is 6.07. The maximum absolute atomic E-state index is 12.9. The Morgan fingerprint density at radius 3 is 2.85 bits per heavy atom. The molecule has 0 saturated heterocycles. The molecule has 2 aromatic carbocycles. The number of ketones is 1. The number of hydrogen-bond donors (Lipinski definition) is 1. The van der Waals surface area contributed by atoms with Gasteiger partial charge in [-0.15, -0.1) is 0 Å². The number of allylic oxidation sites excluding steroid dienone is 2. The normalized spacial score (nSPS) is 17.3. The number of hydrogen-bond acceptors (Lipinski definition) is 6. The molecule has 0 fully saturated rings. The van der Waals surface area contributed by atoms with E-state index in [1.165, 1.54) is 6.33 Å². The molecule has 1 aliphatic heterocycles. The number of carbonyl (C=O) groups excluding carboxylic acids is 1. The van der Waals surface area contributed by atoms with Crippen molar-refractivity contribution < 1.29 is 14.3 Å². The lowest BCUT2D eigenvalue weighted by Crippen LogP contribution is -2.31. The van der Waals surface area contributed by atoms with Crippen molar-refractivity contribution in [2.24, 2.45) is 0 Å². The summed E-state index contributed by atoms with van der Waals surface area (Å²) in [6.45, 7) is 0.277. The van der Waals surface area contributed by atoms with E-state index in [4.69, 9.17) is 32.7 Å². The highest BCUT2D eigenvalue weighted by atomic mass is 79.9. The van der Waals surface area contributed by atoms with Gasteiger partial charge in [-0.25, -0.2) is 4.68 Å². The fourth-order valence-electron chi connectivity index (χ4n) is 4.23. The summed E-state index contributed by atoms with van der Waals surface area (Å²) >= 11 is 15.7. The van der Waals surface area contributed by atoms with Crippen molar-refractivity contribution in [3.63, 3.8) is 0 Å². The molecule has 0 saturated carbocycles. The zero-order valence-electron chi connectivity index (χ0n) is 17.6. The van der Waals surface area contributed by atoms with Gasteiger partial charge < -0.3 is 14.8 Å². The first kappa shape index (κ1) is 22.3. The third kappa shape index (κ3) is 4.11. The van der Waals surface area contributed by atoms with Gasteiger partial charge in [-0.1, -0.05) is 29.3 Å². The van der Waals surface area contributed by atoms with Crippen LogP contribution in [0.3, 0.4) is 0 Å². The molecule has 7 nitrogen and oxygen atoms in total. The number of anilines is 1. The minimum atomic E-state index is -0.402. The second kappa shape index (κ2) is 9.00. The summed E-state index contributed by atoms with van der Waals surface area (Å²) < 4.78 is 14.2. The molecule has 1 unspecified atom stereocenters. The number of ether oxygens (including phenoxy) is 2. The standard InChI is InChI=1S/C23H19BrCl2N4O3/c1-32-19-9-13(8-14(24)22(19)33-10-12-5-6-15(25)16(26)7-12)21-20-17(3-2-4-18(20)31)29-23-27-11-28-30(21)23/h5-9,11,21H,2-4,10H2,1H3,(H,27,28,29). The van der Waals surface area contributed by atoms with Gasteiger partial charge in [0.05, 0.1) is 21.6 Å². The summed E-state index contributed by atoms with van der Waals surface area (Å²) in [4.78, 5) is 17.2. The number of aromatic nitrogens is 3. The predicted octanol–water partition coefficient (Wildman–Crippen LogP) is 5.96. The highest BCUT2D eigenvalue weighted by Crippen LogP contribution is 2.44. The molecule has 2 heterocycles. The Labute approximate surface area is 208 Å². The van der Waals surface area contributed by atoms with Crippen LogP contribution in [0.1, 0.15) is 36.4 Å². The van der Waals surface area contributed by atoms with Crippen LogP contribution in [0.5, 0.6) is 11.5 Å². The predicted molar refractivity (Wildman–Crippen MR) is 129 cm³/mol. The second-order valence-electron chi connectivity index (χ2n) is 7.80. The van der Waals surface area contributed by atoms with Gasteiger partial charge in [0.2, 0.25) is 5.95 Å². The van der Waals surface area contributed by atoms with E-state index in [0.29, 0.717) is 38.4 Å². The van der Waals surface area contributed by atoms with E-state index in [1.807, 2.05) is 18.2 Å². The van der Waals surface area contributed by atoms with Crippen LogP contribution >= 0.6 is 39.1 Å². The zero-order valence-corrected chi connectivity index (χ0v) is 20.7. The molecule has 1 aromatic heterocycles. The van der Waals surface area contributed by atoms with Gasteiger partial charge in [0.15, 0.2) is 17.3 Å². The monoisotopic (exact) mass is 548 g/mol. The molecule has 2 aliphatic rings. The van der Waals surface area contributed by atoms with E-state index in [1.54, 1.807) is 23.9 Å². The first-order valence-electron chi connectivity index (χ1n) is 10.3. The van der Waals surface area contributed by atoms with Crippen molar-refractivity contribution in [3.05, 3.63) is 73.6 Å². The number of nitrogens with one attached hydrogen (secondary N) is 1. The number of nitrogens with zero attached hydrogens (tertiary/aromatic N) is 3. The molecule has 5 rings (SSSR count). The Morgan fingerprint density at radius 2 is 2.06 bits per heavy atom. The topological polar surface area (TPSA) is 78.3 Å². The molecule has 0 amide bonds. The third-order valence-corrected chi connectivity index (χ3v) is 7.07. The lowest BCUT2D eigenvalue weighted by molar-refractivity contribution is -0.116. The van der Waals surface area contributed by atoms with E-state index in [-0.39, 0.29) is 12.4 Å². The number of carbonyl (C=O) groups is 1. The van der Waals surface area contributed by atoms with Crippen molar-refractivity contribution in [2.75, 3.05) is 12.4 Å². The van der Waals surface area contributed by atoms with Crippen LogP contribution in [0.4, 0.5) is 5.95 Å². The molecular formula is C23H19BrCl2N4O3. The number of Topliss-reactive ketones (excluding diaryl/α,β-unsaturated/α-hetero) is 1. The summed E-state index contributed by atoms with van der Waals surface area (Å²) in [5.41, 5.74) is 3.34. The molecular weight excluding hydrogens is 531 g/mol. The molecule has 10 heteroatoms. The first-order chi connectivity index (χ1) is 16.0. The van der Waals surface area contributed by atoms with Gasteiger partial charge >= 0.3 is 0 Å². The molecule has 0 radical (unpaired) electrons. The summed E-state index contributed by atoms with van der Waals surface area (Å²) in [7, 11) is 1.58. The molecule has 1 N–H and O–H groups in total. The highest BCUT2D eigenvalue weighted by Gasteiger charge is 2.36. The van der Waals surface area contributed by atoms with Crippen LogP contribution in [-0.4, -0.2) is 27.7 Å². The van der Waals surface area contributed by atoms with Crippen LogP contribution in [0.2, 0.25) is 10.0 Å². The first-order valence-corrected chi connectivity index (χ1v) is 11.9. The molecule has 0 bridgehead atoms. The van der Waals surface area contributed by atoms with E-state index in [0.717, 1.165) is 35.2 Å². The Bertz CT molecular complexity index is 1290. The lowest BCUT2D eigenvalue weighted by atomic mass is 9.85. The average Bonchev–Trinajstić information content (AvgIpc) is 3.27. The molecule has 170 valence electrons. The molecule has 3 aromatic rings. The van der Waals surface area contributed by atoms with Crippen molar-refractivity contribution >= 4 is 50.9 Å². The number of fused-ring (bicyclic) bond motifs is 1. The fraction of sp³-hybridized carbons (Fsp3) is 0.261. The largest absolute Gasteiger partial charge is 0.493 e. The minimum Gasteiger partial charge on any atom is -0.493 e. The van der Waals surface area contributed by atoms with Gasteiger partial charge in [-0.2, -0.15) is 10.1 Å². The van der Waals surface area contributed by atoms with Gasteiger partial charge in [0, 0.05) is 17.7 Å². The molecule has 1 atom stereocenters. The SMILES string of the molecule is COc1cc(C2C3=C(CCCC3=O)Nc3ncnn32)cc(Br)c1OCc1ccc(Cl)c(Cl)c1. The van der Waals surface area contributed by atoms with Gasteiger partial charge in [-0.3, -0.25) is 4.79 Å². The van der Waals surface area contributed by atoms with Crippen LogP contribution < -0.4 is 14.8 Å². The summed E-state index contributed by atoms with van der Waals surface area (Å²) in [5, 5.41) is 8.61. The van der Waals surface area contributed by atoms with E-state index in [9.17, 15) is 4.79 Å². The molecule has 33 heavy (non-hydrogen) atoms. The zero-order chi connectivity index (χ0) is 23.1. The summed E-state index contributed by atoms with van der Waals surface area (Å²) in [6.07, 6.45) is 3.62. The number of methoxy groups -OCH3 is 1. The van der Waals surface area contributed by atoms with Crippen LogP contribution in [0.25, 0.3) is 0 Å². The van der Waals surface area contributed by atoms with Crippen LogP contribution in [0.15, 0.2) is 52.4 Å². The van der Waals surface area contributed by atoms with Crippen molar-refractivity contribution in [3.8, 4) is 11.5 Å². The van der Waals surface area contributed by atoms with Gasteiger partial charge in [0.25, 0.3) is 0 Å². The summed E-state index contributed by atoms with van der Waals surface area (Å²) in [5.74, 6) is 1.81. The van der Waals surface area contributed by atoms with Crippen molar-refractivity contribution in [2.45, 2.75) is 31.9 Å². The van der Waals surface area contributed by atoms with E-state index < -0.39 is 6.04 Å². The smallest absolute Gasteiger partial charge is 0.226 e. The van der Waals surface area contributed by atoms with Crippen LogP contribution in [-0.2, 0) is 11.4 Å². The lowest BCUT2D eigenvalue weighted by Gasteiger charge is -2.32. The second-order valence-corrected chi connectivity index (χ2v) is 9.46. The summed E-state index contributed by atoms with van der Waals surface area (Å²) in [6, 6.07) is 8.76. The Morgan fingerprint density at radius 1 is 1.21 bits per heavy atom. The minimum absolute atomic E-state index is 0.116.